The highest BCUT2D eigenvalue weighted by atomic mass is 32.2. The van der Waals surface area contributed by atoms with Crippen LogP contribution in [0.3, 0.4) is 0 Å². The Morgan fingerprint density at radius 3 is 2.47 bits per heavy atom. The number of nitrogens with zero attached hydrogens (tertiary/aromatic N) is 1. The predicted octanol–water partition coefficient (Wildman–Crippen LogP) is 0.531. The Balaban J connectivity index is 2.31. The number of piperidine rings is 1. The molecule has 0 amide bonds. The van der Waals surface area contributed by atoms with E-state index in [0.717, 1.165) is 25.9 Å². The molecule has 0 radical (unpaired) electrons. The first-order valence-electron chi connectivity index (χ1n) is 6.12. The van der Waals surface area contributed by atoms with Crippen LogP contribution in [0.2, 0.25) is 0 Å². The SMILES string of the molecule is COC1CCN(c2ccc(N)cc2S(N)(=O)=O)CC1. The molecule has 1 heterocycles. The summed E-state index contributed by atoms with van der Waals surface area (Å²) in [6.07, 6.45) is 1.97. The highest BCUT2D eigenvalue weighted by Gasteiger charge is 2.24. The summed E-state index contributed by atoms with van der Waals surface area (Å²) in [6, 6.07) is 4.81. The third kappa shape index (κ3) is 3.17. The fourth-order valence-corrected chi connectivity index (χ4v) is 3.14. The average Bonchev–Trinajstić information content (AvgIpc) is 2.38. The summed E-state index contributed by atoms with van der Waals surface area (Å²) in [6.45, 7) is 1.48. The van der Waals surface area contributed by atoms with Gasteiger partial charge in [0.15, 0.2) is 0 Å². The predicted molar refractivity (Wildman–Crippen MR) is 74.5 cm³/mol. The number of sulfonamides is 1. The molecular weight excluding hydrogens is 266 g/mol. The van der Waals surface area contributed by atoms with Gasteiger partial charge in [-0.2, -0.15) is 0 Å². The zero-order chi connectivity index (χ0) is 14.0. The third-order valence-electron chi connectivity index (χ3n) is 3.41. The number of nitrogens with two attached hydrogens (primary N) is 2. The molecule has 0 saturated carbocycles. The van der Waals surface area contributed by atoms with Gasteiger partial charge in [0.05, 0.1) is 11.8 Å². The van der Waals surface area contributed by atoms with Crippen molar-refractivity contribution in [2.75, 3.05) is 30.8 Å². The molecule has 6 nitrogen and oxygen atoms in total. The summed E-state index contributed by atoms with van der Waals surface area (Å²) in [7, 11) is -2.08. The minimum atomic E-state index is -3.78. The van der Waals surface area contributed by atoms with E-state index in [1.165, 1.54) is 6.07 Å². The fraction of sp³-hybridized carbons (Fsp3) is 0.500. The second-order valence-electron chi connectivity index (χ2n) is 4.69. The van der Waals surface area contributed by atoms with E-state index >= 15 is 0 Å². The maximum atomic E-state index is 11.6. The van der Waals surface area contributed by atoms with Gasteiger partial charge < -0.3 is 15.4 Å². The van der Waals surface area contributed by atoms with Crippen molar-refractivity contribution in [1.29, 1.82) is 0 Å². The van der Waals surface area contributed by atoms with Gasteiger partial charge in [0.25, 0.3) is 0 Å². The molecule has 2 rings (SSSR count). The Morgan fingerprint density at radius 2 is 1.95 bits per heavy atom. The Hall–Kier alpha value is -1.31. The molecule has 0 spiro atoms. The lowest BCUT2D eigenvalue weighted by molar-refractivity contribution is 0.0818. The van der Waals surface area contributed by atoms with Gasteiger partial charge in [0.1, 0.15) is 4.90 Å². The second kappa shape index (κ2) is 5.36. The van der Waals surface area contributed by atoms with E-state index in [-0.39, 0.29) is 11.0 Å². The molecule has 1 fully saturated rings. The first-order chi connectivity index (χ1) is 8.91. The van der Waals surface area contributed by atoms with E-state index < -0.39 is 10.0 Å². The maximum Gasteiger partial charge on any atom is 0.240 e. The van der Waals surface area contributed by atoms with Crippen molar-refractivity contribution in [3.8, 4) is 0 Å². The van der Waals surface area contributed by atoms with Crippen molar-refractivity contribution in [2.24, 2.45) is 5.14 Å². The van der Waals surface area contributed by atoms with Gasteiger partial charge in [-0.25, -0.2) is 13.6 Å². The maximum absolute atomic E-state index is 11.6. The second-order valence-corrected chi connectivity index (χ2v) is 6.22. The summed E-state index contributed by atoms with van der Waals surface area (Å²) in [5.74, 6) is 0. The van der Waals surface area contributed by atoms with Gasteiger partial charge in [-0.3, -0.25) is 0 Å². The van der Waals surface area contributed by atoms with Crippen LogP contribution in [0.1, 0.15) is 12.8 Å². The molecular formula is C12H19N3O3S. The largest absolute Gasteiger partial charge is 0.399 e. The van der Waals surface area contributed by atoms with E-state index in [0.29, 0.717) is 11.4 Å². The van der Waals surface area contributed by atoms with Crippen LogP contribution in [-0.2, 0) is 14.8 Å². The van der Waals surface area contributed by atoms with Crippen LogP contribution in [0.4, 0.5) is 11.4 Å². The van der Waals surface area contributed by atoms with E-state index in [9.17, 15) is 8.42 Å². The summed E-state index contributed by atoms with van der Waals surface area (Å²) < 4.78 is 28.6. The summed E-state index contributed by atoms with van der Waals surface area (Å²) in [5.41, 5.74) is 6.64. The molecule has 0 unspecified atom stereocenters. The molecule has 1 saturated heterocycles. The number of anilines is 2. The molecule has 1 aromatic carbocycles. The number of methoxy groups -OCH3 is 1. The minimum Gasteiger partial charge on any atom is -0.399 e. The Morgan fingerprint density at radius 1 is 1.32 bits per heavy atom. The molecule has 0 aromatic heterocycles. The normalized spacial score (nSPS) is 17.7. The van der Waals surface area contributed by atoms with Gasteiger partial charge in [-0.05, 0) is 31.0 Å². The van der Waals surface area contributed by atoms with Gasteiger partial charge in [0, 0.05) is 25.9 Å². The third-order valence-corrected chi connectivity index (χ3v) is 4.35. The molecule has 19 heavy (non-hydrogen) atoms. The van der Waals surface area contributed by atoms with Crippen LogP contribution in [-0.4, -0.2) is 34.7 Å². The topological polar surface area (TPSA) is 98.7 Å². The molecule has 0 aliphatic carbocycles. The zero-order valence-corrected chi connectivity index (χ0v) is 11.7. The number of primary sulfonamides is 1. The Kier molecular flexibility index (Phi) is 3.98. The quantitative estimate of drug-likeness (QED) is 0.789. The Bertz CT molecular complexity index is 551. The lowest BCUT2D eigenvalue weighted by Crippen LogP contribution is -2.37. The zero-order valence-electron chi connectivity index (χ0n) is 10.9. The molecule has 7 heteroatoms. The molecule has 1 aromatic rings. The van der Waals surface area contributed by atoms with Gasteiger partial charge in [-0.1, -0.05) is 0 Å². The van der Waals surface area contributed by atoms with Crippen LogP contribution >= 0.6 is 0 Å². The Labute approximate surface area is 113 Å². The van der Waals surface area contributed by atoms with Gasteiger partial charge in [0.2, 0.25) is 10.0 Å². The fourth-order valence-electron chi connectivity index (χ4n) is 2.35. The minimum absolute atomic E-state index is 0.0865. The lowest BCUT2D eigenvalue weighted by atomic mass is 10.1. The molecule has 4 N–H and O–H groups in total. The van der Waals surface area contributed by atoms with Crippen LogP contribution in [0.15, 0.2) is 23.1 Å². The highest BCUT2D eigenvalue weighted by Crippen LogP contribution is 2.29. The average molecular weight is 285 g/mol. The van der Waals surface area contributed by atoms with E-state index in [1.807, 2.05) is 4.90 Å². The highest BCUT2D eigenvalue weighted by molar-refractivity contribution is 7.89. The van der Waals surface area contributed by atoms with E-state index in [2.05, 4.69) is 0 Å². The first kappa shape index (κ1) is 14.1. The van der Waals surface area contributed by atoms with Crippen molar-refractivity contribution < 1.29 is 13.2 Å². The summed E-state index contributed by atoms with van der Waals surface area (Å²) >= 11 is 0. The van der Waals surface area contributed by atoms with Crippen molar-refractivity contribution in [1.82, 2.24) is 0 Å². The number of nitrogen functional groups attached to an aromatic ring is 1. The molecule has 0 atom stereocenters. The lowest BCUT2D eigenvalue weighted by Gasteiger charge is -2.33. The van der Waals surface area contributed by atoms with Crippen LogP contribution in [0, 0.1) is 0 Å². The number of ether oxygens (including phenoxy) is 1. The molecule has 0 bridgehead atoms. The number of rotatable bonds is 3. The van der Waals surface area contributed by atoms with Crippen molar-refractivity contribution in [2.45, 2.75) is 23.8 Å². The molecule has 1 aliphatic heterocycles. The number of hydrogen-bond donors (Lipinski definition) is 2. The molecule has 106 valence electrons. The monoisotopic (exact) mass is 285 g/mol. The summed E-state index contributed by atoms with van der Waals surface area (Å²) in [5, 5.41) is 5.25. The van der Waals surface area contributed by atoms with E-state index in [1.54, 1.807) is 19.2 Å². The first-order valence-corrected chi connectivity index (χ1v) is 7.66. The van der Waals surface area contributed by atoms with Gasteiger partial charge in [-0.15, -0.1) is 0 Å². The van der Waals surface area contributed by atoms with Gasteiger partial charge >= 0.3 is 0 Å². The standard InChI is InChI=1S/C12H19N3O3S/c1-18-10-4-6-15(7-5-10)11-3-2-9(13)8-12(11)19(14,16)17/h2-3,8,10H,4-7,13H2,1H3,(H2,14,16,17). The number of benzene rings is 1. The smallest absolute Gasteiger partial charge is 0.240 e. The van der Waals surface area contributed by atoms with Crippen LogP contribution < -0.4 is 15.8 Å². The van der Waals surface area contributed by atoms with E-state index in [4.69, 9.17) is 15.6 Å². The van der Waals surface area contributed by atoms with Crippen LogP contribution in [0.25, 0.3) is 0 Å². The van der Waals surface area contributed by atoms with Crippen molar-refractivity contribution >= 4 is 21.4 Å². The number of hydrogen-bond acceptors (Lipinski definition) is 5. The molecule has 1 aliphatic rings. The summed E-state index contributed by atoms with van der Waals surface area (Å²) in [4.78, 5) is 2.10. The van der Waals surface area contributed by atoms with Crippen molar-refractivity contribution in [3.05, 3.63) is 18.2 Å². The van der Waals surface area contributed by atoms with Crippen LogP contribution in [0.5, 0.6) is 0 Å². The van der Waals surface area contributed by atoms with Crippen molar-refractivity contribution in [3.63, 3.8) is 0 Å².